The van der Waals surface area contributed by atoms with Gasteiger partial charge in [0.15, 0.2) is 0 Å². The van der Waals surface area contributed by atoms with Crippen molar-refractivity contribution in [2.75, 3.05) is 6.54 Å². The highest BCUT2D eigenvalue weighted by molar-refractivity contribution is 6.30. The number of hydrogen-bond donors (Lipinski definition) is 1. The van der Waals surface area contributed by atoms with Gasteiger partial charge in [-0.15, -0.1) is 0 Å². The largest absolute Gasteiger partial charge is 0.306 e. The highest BCUT2D eigenvalue weighted by Gasteiger charge is 2.14. The van der Waals surface area contributed by atoms with Crippen molar-refractivity contribution in [1.82, 2.24) is 15.1 Å². The van der Waals surface area contributed by atoms with Gasteiger partial charge in [0.2, 0.25) is 0 Å². The molecule has 3 nitrogen and oxygen atoms in total. The summed E-state index contributed by atoms with van der Waals surface area (Å²) in [5.41, 5.74) is 2.41. The summed E-state index contributed by atoms with van der Waals surface area (Å²) >= 11 is 5.96. The highest BCUT2D eigenvalue weighted by Crippen LogP contribution is 2.23. The van der Waals surface area contributed by atoms with E-state index in [1.54, 1.807) is 0 Å². The number of nitrogens with zero attached hydrogens (tertiary/aromatic N) is 2. The minimum atomic E-state index is 0.178. The topological polar surface area (TPSA) is 29.9 Å². The van der Waals surface area contributed by atoms with E-state index in [1.807, 2.05) is 23.0 Å². The Labute approximate surface area is 119 Å². The first-order valence-electron chi connectivity index (χ1n) is 6.75. The molecule has 1 N–H and O–H groups in total. The average molecular weight is 278 g/mol. The molecule has 1 aromatic heterocycles. The van der Waals surface area contributed by atoms with Gasteiger partial charge in [-0.05, 0) is 37.6 Å². The Morgan fingerprint density at radius 1 is 1.21 bits per heavy atom. The summed E-state index contributed by atoms with van der Waals surface area (Å²) in [5, 5.41) is 8.69. The zero-order valence-corrected chi connectivity index (χ0v) is 12.2. The van der Waals surface area contributed by atoms with E-state index in [-0.39, 0.29) is 6.04 Å². The summed E-state index contributed by atoms with van der Waals surface area (Å²) < 4.78 is 1.95. The molecule has 102 valence electrons. The molecule has 0 spiro atoms. The van der Waals surface area contributed by atoms with Crippen molar-refractivity contribution >= 4 is 11.6 Å². The van der Waals surface area contributed by atoms with E-state index < -0.39 is 0 Å². The molecule has 0 saturated heterocycles. The van der Waals surface area contributed by atoms with Gasteiger partial charge < -0.3 is 5.32 Å². The second-order valence-corrected chi connectivity index (χ2v) is 5.00. The molecular formula is C15H20ClN3. The molecule has 2 aromatic rings. The Kier molecular flexibility index (Phi) is 5.00. The van der Waals surface area contributed by atoms with Crippen molar-refractivity contribution in [1.29, 1.82) is 0 Å². The maximum absolute atomic E-state index is 5.96. The van der Waals surface area contributed by atoms with Crippen LogP contribution in [0.2, 0.25) is 5.02 Å². The smallest absolute Gasteiger partial charge is 0.0607 e. The van der Waals surface area contributed by atoms with E-state index in [0.717, 1.165) is 24.5 Å². The predicted molar refractivity (Wildman–Crippen MR) is 79.5 cm³/mol. The van der Waals surface area contributed by atoms with Crippen LogP contribution in [-0.2, 0) is 6.54 Å². The van der Waals surface area contributed by atoms with Gasteiger partial charge in [-0.3, -0.25) is 4.68 Å². The maximum atomic E-state index is 5.96. The number of aromatic nitrogens is 2. The minimum absolute atomic E-state index is 0.178. The molecule has 4 heteroatoms. The van der Waals surface area contributed by atoms with Gasteiger partial charge in [0.05, 0.1) is 12.2 Å². The summed E-state index contributed by atoms with van der Waals surface area (Å²) in [6.45, 7) is 6.13. The summed E-state index contributed by atoms with van der Waals surface area (Å²) in [6, 6.07) is 8.18. The third kappa shape index (κ3) is 3.58. The lowest BCUT2D eigenvalue weighted by atomic mass is 10.0. The van der Waals surface area contributed by atoms with Crippen LogP contribution < -0.4 is 5.32 Å². The minimum Gasteiger partial charge on any atom is -0.306 e. The molecule has 0 saturated carbocycles. The molecule has 0 radical (unpaired) electrons. The summed E-state index contributed by atoms with van der Waals surface area (Å²) in [7, 11) is 0. The maximum Gasteiger partial charge on any atom is 0.0607 e. The third-order valence-electron chi connectivity index (χ3n) is 3.11. The zero-order valence-electron chi connectivity index (χ0n) is 11.4. The third-order valence-corrected chi connectivity index (χ3v) is 3.36. The molecule has 2 rings (SSSR count). The second kappa shape index (κ2) is 6.73. The molecular weight excluding hydrogens is 258 g/mol. The van der Waals surface area contributed by atoms with Crippen molar-refractivity contribution < 1.29 is 0 Å². The van der Waals surface area contributed by atoms with Crippen molar-refractivity contribution in [2.24, 2.45) is 0 Å². The molecule has 1 aromatic carbocycles. The molecule has 0 aliphatic rings. The van der Waals surface area contributed by atoms with Crippen LogP contribution in [0.3, 0.4) is 0 Å². The predicted octanol–water partition coefficient (Wildman–Crippen LogP) is 3.65. The molecule has 0 bridgehead atoms. The lowest BCUT2D eigenvalue weighted by Gasteiger charge is -2.17. The second-order valence-electron chi connectivity index (χ2n) is 4.57. The Morgan fingerprint density at radius 3 is 2.53 bits per heavy atom. The highest BCUT2D eigenvalue weighted by atomic mass is 35.5. The zero-order chi connectivity index (χ0) is 13.7. The molecule has 19 heavy (non-hydrogen) atoms. The molecule has 0 amide bonds. The molecule has 1 heterocycles. The van der Waals surface area contributed by atoms with Crippen molar-refractivity contribution in [3.8, 4) is 0 Å². The Morgan fingerprint density at radius 2 is 1.95 bits per heavy atom. The van der Waals surface area contributed by atoms with Crippen LogP contribution in [0, 0.1) is 0 Å². The summed E-state index contributed by atoms with van der Waals surface area (Å²) in [6.07, 6.45) is 5.14. The van der Waals surface area contributed by atoms with E-state index in [9.17, 15) is 0 Å². The fourth-order valence-electron chi connectivity index (χ4n) is 2.07. The van der Waals surface area contributed by atoms with Crippen LogP contribution in [0.25, 0.3) is 0 Å². The SMILES string of the molecule is CCCNC(c1ccc(Cl)cc1)c1cnn(CC)c1. The van der Waals surface area contributed by atoms with Gasteiger partial charge in [-0.2, -0.15) is 5.10 Å². The van der Waals surface area contributed by atoms with Crippen LogP contribution in [0.4, 0.5) is 0 Å². The molecule has 0 aliphatic carbocycles. The average Bonchev–Trinajstić information content (AvgIpc) is 2.90. The Hall–Kier alpha value is -1.32. The molecule has 0 fully saturated rings. The van der Waals surface area contributed by atoms with Crippen LogP contribution in [0.5, 0.6) is 0 Å². The van der Waals surface area contributed by atoms with Crippen LogP contribution in [0.1, 0.15) is 37.4 Å². The number of benzene rings is 1. The lowest BCUT2D eigenvalue weighted by molar-refractivity contribution is 0.596. The quantitative estimate of drug-likeness (QED) is 0.874. The standard InChI is InChI=1S/C15H20ClN3/c1-3-9-17-15(12-5-7-14(16)8-6-12)13-10-18-19(4-2)11-13/h5-8,10-11,15,17H,3-4,9H2,1-2H3. The number of rotatable bonds is 6. The van der Waals surface area contributed by atoms with Gasteiger partial charge in [-0.1, -0.05) is 30.7 Å². The monoisotopic (exact) mass is 277 g/mol. The first kappa shape index (κ1) is 14.1. The van der Waals surface area contributed by atoms with Gasteiger partial charge >= 0.3 is 0 Å². The van der Waals surface area contributed by atoms with Gasteiger partial charge in [0, 0.05) is 23.3 Å². The Balaban J connectivity index is 2.26. The van der Waals surface area contributed by atoms with E-state index in [4.69, 9.17) is 11.6 Å². The summed E-state index contributed by atoms with van der Waals surface area (Å²) in [4.78, 5) is 0. The van der Waals surface area contributed by atoms with Crippen LogP contribution >= 0.6 is 11.6 Å². The van der Waals surface area contributed by atoms with E-state index in [0.29, 0.717) is 0 Å². The number of halogens is 1. The van der Waals surface area contributed by atoms with Crippen molar-refractivity contribution in [3.63, 3.8) is 0 Å². The van der Waals surface area contributed by atoms with Crippen LogP contribution in [-0.4, -0.2) is 16.3 Å². The number of nitrogens with one attached hydrogen (secondary N) is 1. The number of aryl methyl sites for hydroxylation is 1. The van der Waals surface area contributed by atoms with Gasteiger partial charge in [0.25, 0.3) is 0 Å². The van der Waals surface area contributed by atoms with E-state index in [2.05, 4.69) is 42.6 Å². The molecule has 1 unspecified atom stereocenters. The Bertz CT molecular complexity index is 504. The fraction of sp³-hybridized carbons (Fsp3) is 0.400. The van der Waals surface area contributed by atoms with E-state index in [1.165, 1.54) is 11.1 Å². The van der Waals surface area contributed by atoms with Gasteiger partial charge in [-0.25, -0.2) is 0 Å². The van der Waals surface area contributed by atoms with Crippen molar-refractivity contribution in [2.45, 2.75) is 32.9 Å². The lowest BCUT2D eigenvalue weighted by Crippen LogP contribution is -2.22. The first-order chi connectivity index (χ1) is 9.24. The molecule has 0 aliphatic heterocycles. The summed E-state index contributed by atoms with van der Waals surface area (Å²) in [5.74, 6) is 0. The van der Waals surface area contributed by atoms with Gasteiger partial charge in [0.1, 0.15) is 0 Å². The van der Waals surface area contributed by atoms with Crippen LogP contribution in [0.15, 0.2) is 36.7 Å². The first-order valence-corrected chi connectivity index (χ1v) is 7.13. The fourth-order valence-corrected chi connectivity index (χ4v) is 2.20. The normalized spacial score (nSPS) is 12.6. The number of hydrogen-bond acceptors (Lipinski definition) is 2. The van der Waals surface area contributed by atoms with Crippen molar-refractivity contribution in [3.05, 3.63) is 52.8 Å². The molecule has 1 atom stereocenters. The van der Waals surface area contributed by atoms with E-state index >= 15 is 0 Å².